The van der Waals surface area contributed by atoms with E-state index in [0.29, 0.717) is 18.9 Å². The molecule has 2 amide bonds. The third-order valence-electron chi connectivity index (χ3n) is 2.85. The average molecular weight is 228 g/mol. The lowest BCUT2D eigenvalue weighted by atomic mass is 10.2. The number of nitrogens with zero attached hydrogens (tertiary/aromatic N) is 1. The highest BCUT2D eigenvalue weighted by Crippen LogP contribution is 2.29. The van der Waals surface area contributed by atoms with Crippen LogP contribution in [0.1, 0.15) is 33.1 Å². The van der Waals surface area contributed by atoms with E-state index >= 15 is 0 Å². The first-order valence-electron chi connectivity index (χ1n) is 5.86. The summed E-state index contributed by atoms with van der Waals surface area (Å²) in [6, 6.07) is -1.04. The van der Waals surface area contributed by atoms with Gasteiger partial charge >= 0.3 is 12.0 Å². The second-order valence-corrected chi connectivity index (χ2v) is 4.23. The lowest BCUT2D eigenvalue weighted by Crippen LogP contribution is -2.48. The van der Waals surface area contributed by atoms with Gasteiger partial charge in [0.2, 0.25) is 0 Å². The van der Waals surface area contributed by atoms with Crippen molar-refractivity contribution in [2.45, 2.75) is 39.2 Å². The molecule has 0 radical (unpaired) electrons. The summed E-state index contributed by atoms with van der Waals surface area (Å²) in [6.45, 7) is 5.02. The van der Waals surface area contributed by atoms with Gasteiger partial charge in [0.05, 0.1) is 0 Å². The van der Waals surface area contributed by atoms with E-state index in [1.54, 1.807) is 11.8 Å². The third kappa shape index (κ3) is 3.72. The number of aliphatic carboxylic acids is 1. The molecule has 16 heavy (non-hydrogen) atoms. The Morgan fingerprint density at radius 1 is 1.44 bits per heavy atom. The first-order valence-corrected chi connectivity index (χ1v) is 5.86. The fourth-order valence-electron chi connectivity index (χ4n) is 1.55. The zero-order valence-electron chi connectivity index (χ0n) is 9.90. The highest BCUT2D eigenvalue weighted by Gasteiger charge is 2.27. The lowest BCUT2D eigenvalue weighted by molar-refractivity contribution is -0.139. The molecule has 1 aliphatic carbocycles. The molecule has 0 saturated heterocycles. The van der Waals surface area contributed by atoms with Crippen molar-refractivity contribution in [3.63, 3.8) is 0 Å². The molecule has 5 heteroatoms. The predicted molar refractivity (Wildman–Crippen MR) is 60.2 cm³/mol. The van der Waals surface area contributed by atoms with Gasteiger partial charge in [-0.05, 0) is 32.1 Å². The number of amides is 2. The van der Waals surface area contributed by atoms with Crippen molar-refractivity contribution in [1.29, 1.82) is 0 Å². The minimum Gasteiger partial charge on any atom is -0.480 e. The molecule has 0 unspecified atom stereocenters. The number of rotatable bonds is 6. The predicted octanol–water partition coefficient (Wildman–Crippen LogP) is 1.29. The van der Waals surface area contributed by atoms with Gasteiger partial charge in [-0.15, -0.1) is 0 Å². The maximum absolute atomic E-state index is 11.8. The van der Waals surface area contributed by atoms with Gasteiger partial charge in [-0.25, -0.2) is 9.59 Å². The summed E-state index contributed by atoms with van der Waals surface area (Å²) < 4.78 is 0. The van der Waals surface area contributed by atoms with Crippen molar-refractivity contribution in [2.24, 2.45) is 5.92 Å². The van der Waals surface area contributed by atoms with Crippen LogP contribution >= 0.6 is 0 Å². The van der Waals surface area contributed by atoms with Crippen LogP contribution in [0.5, 0.6) is 0 Å². The molecule has 0 heterocycles. The fraction of sp³-hybridized carbons (Fsp3) is 0.818. The van der Waals surface area contributed by atoms with Gasteiger partial charge < -0.3 is 15.3 Å². The zero-order chi connectivity index (χ0) is 12.1. The molecule has 1 saturated carbocycles. The largest absolute Gasteiger partial charge is 0.480 e. The Labute approximate surface area is 95.8 Å². The number of carbonyl (C=O) groups is 2. The van der Waals surface area contributed by atoms with Crippen LogP contribution in [0.15, 0.2) is 0 Å². The Balaban J connectivity index is 2.43. The third-order valence-corrected chi connectivity index (χ3v) is 2.85. The molecule has 0 aliphatic heterocycles. The molecule has 5 nitrogen and oxygen atoms in total. The van der Waals surface area contributed by atoms with E-state index < -0.39 is 12.0 Å². The standard InChI is InChI=1S/C11H20N2O3/c1-3-9(10(14)15)12-11(16)13(4-2)7-8-5-6-8/h8-9H,3-7H2,1-2H3,(H,12,16)(H,14,15)/t9-/m1/s1. The van der Waals surface area contributed by atoms with Gasteiger partial charge in [-0.1, -0.05) is 6.92 Å². The second-order valence-electron chi connectivity index (χ2n) is 4.23. The van der Waals surface area contributed by atoms with E-state index in [1.807, 2.05) is 6.92 Å². The van der Waals surface area contributed by atoms with Crippen LogP contribution in [0.2, 0.25) is 0 Å². The molecule has 0 spiro atoms. The molecule has 1 aliphatic rings. The summed E-state index contributed by atoms with van der Waals surface area (Å²) in [4.78, 5) is 24.2. The van der Waals surface area contributed by atoms with Crippen LogP contribution < -0.4 is 5.32 Å². The Morgan fingerprint density at radius 3 is 2.44 bits per heavy atom. The smallest absolute Gasteiger partial charge is 0.326 e. The summed E-state index contributed by atoms with van der Waals surface area (Å²) in [6.07, 6.45) is 2.77. The quantitative estimate of drug-likeness (QED) is 0.719. The molecular formula is C11H20N2O3. The molecule has 1 rings (SSSR count). The molecule has 0 bridgehead atoms. The number of hydrogen-bond donors (Lipinski definition) is 2. The summed E-state index contributed by atoms with van der Waals surface area (Å²) in [5, 5.41) is 11.4. The van der Waals surface area contributed by atoms with Crippen LogP contribution in [0.4, 0.5) is 4.79 Å². The number of hydrogen-bond acceptors (Lipinski definition) is 2. The van der Waals surface area contributed by atoms with E-state index in [2.05, 4.69) is 5.32 Å². The average Bonchev–Trinajstić information content (AvgIpc) is 3.05. The van der Waals surface area contributed by atoms with Crippen LogP contribution in [0.25, 0.3) is 0 Å². The van der Waals surface area contributed by atoms with Gasteiger partial charge in [-0.3, -0.25) is 0 Å². The van der Waals surface area contributed by atoms with E-state index in [9.17, 15) is 9.59 Å². The number of urea groups is 1. The Hall–Kier alpha value is -1.26. The summed E-state index contributed by atoms with van der Waals surface area (Å²) in [5.41, 5.74) is 0. The number of carboxylic acid groups (broad SMARTS) is 1. The molecule has 0 aromatic heterocycles. The number of carbonyl (C=O) groups excluding carboxylic acids is 1. The molecule has 0 aromatic rings. The first-order chi connectivity index (χ1) is 7.58. The Kier molecular flexibility index (Phi) is 4.58. The zero-order valence-corrected chi connectivity index (χ0v) is 9.90. The lowest BCUT2D eigenvalue weighted by Gasteiger charge is -2.23. The van der Waals surface area contributed by atoms with Crippen molar-refractivity contribution in [1.82, 2.24) is 10.2 Å². The molecule has 0 aromatic carbocycles. The SMILES string of the molecule is CC[C@@H](NC(=O)N(CC)CC1CC1)C(=O)O. The van der Waals surface area contributed by atoms with E-state index in [4.69, 9.17) is 5.11 Å². The van der Waals surface area contributed by atoms with Gasteiger partial charge in [0.25, 0.3) is 0 Å². The van der Waals surface area contributed by atoms with E-state index in [-0.39, 0.29) is 6.03 Å². The van der Waals surface area contributed by atoms with Crippen molar-refractivity contribution in [3.05, 3.63) is 0 Å². The summed E-state index contributed by atoms with van der Waals surface area (Å²) in [5.74, 6) is -0.353. The van der Waals surface area contributed by atoms with Gasteiger partial charge in [0.15, 0.2) is 0 Å². The van der Waals surface area contributed by atoms with Crippen LogP contribution in [-0.4, -0.2) is 41.1 Å². The Morgan fingerprint density at radius 2 is 2.06 bits per heavy atom. The normalized spacial score (nSPS) is 16.6. The van der Waals surface area contributed by atoms with Gasteiger partial charge in [0.1, 0.15) is 6.04 Å². The van der Waals surface area contributed by atoms with Crippen molar-refractivity contribution < 1.29 is 14.7 Å². The van der Waals surface area contributed by atoms with Gasteiger partial charge in [-0.2, -0.15) is 0 Å². The molecule has 92 valence electrons. The minimum atomic E-state index is -0.974. The highest BCUT2D eigenvalue weighted by atomic mass is 16.4. The minimum absolute atomic E-state index is 0.261. The van der Waals surface area contributed by atoms with Crippen molar-refractivity contribution in [2.75, 3.05) is 13.1 Å². The second kappa shape index (κ2) is 5.72. The Bertz CT molecular complexity index is 264. The highest BCUT2D eigenvalue weighted by molar-refractivity contribution is 5.82. The number of carboxylic acids is 1. The summed E-state index contributed by atoms with van der Waals surface area (Å²) in [7, 11) is 0. The summed E-state index contributed by atoms with van der Waals surface area (Å²) >= 11 is 0. The van der Waals surface area contributed by atoms with Crippen LogP contribution in [0.3, 0.4) is 0 Å². The maximum atomic E-state index is 11.8. The molecule has 1 fully saturated rings. The molecular weight excluding hydrogens is 208 g/mol. The van der Waals surface area contributed by atoms with Crippen molar-refractivity contribution >= 4 is 12.0 Å². The maximum Gasteiger partial charge on any atom is 0.326 e. The van der Waals surface area contributed by atoms with Crippen molar-refractivity contribution in [3.8, 4) is 0 Å². The fourth-order valence-corrected chi connectivity index (χ4v) is 1.55. The topological polar surface area (TPSA) is 69.6 Å². The molecule has 1 atom stereocenters. The van der Waals surface area contributed by atoms with E-state index in [1.165, 1.54) is 12.8 Å². The molecule has 2 N–H and O–H groups in total. The van der Waals surface area contributed by atoms with E-state index in [0.717, 1.165) is 6.54 Å². The monoisotopic (exact) mass is 228 g/mol. The van der Waals surface area contributed by atoms with Gasteiger partial charge in [0, 0.05) is 13.1 Å². The van der Waals surface area contributed by atoms with Crippen LogP contribution in [0, 0.1) is 5.92 Å². The first kappa shape index (κ1) is 12.8. The van der Waals surface area contributed by atoms with Crippen LogP contribution in [-0.2, 0) is 4.79 Å². The number of nitrogens with one attached hydrogen (secondary N) is 1.